The molecule has 0 radical (unpaired) electrons. The Morgan fingerprint density at radius 1 is 1.39 bits per heavy atom. The second-order valence-electron chi connectivity index (χ2n) is 4.44. The number of rotatable bonds is 3. The number of Topliss-reactive ketones (excluding diaryl/α,β-unsaturated/α-hetero) is 1. The number of hydrogen-bond acceptors (Lipinski definition) is 2. The number of aryl methyl sites for hydroxylation is 1. The number of fused-ring (bicyclic) bond motifs is 1. The van der Waals surface area contributed by atoms with Gasteiger partial charge in [0.25, 0.3) is 11.7 Å². The van der Waals surface area contributed by atoms with Gasteiger partial charge >= 0.3 is 0 Å². The van der Waals surface area contributed by atoms with Crippen LogP contribution in [0.1, 0.15) is 29.3 Å². The third-order valence-electron chi connectivity index (χ3n) is 3.10. The maximum atomic E-state index is 12.0. The van der Waals surface area contributed by atoms with Gasteiger partial charge in [0.05, 0.1) is 11.3 Å². The summed E-state index contributed by atoms with van der Waals surface area (Å²) in [5.74, 6) is -0.890. The molecular formula is C14H14BrNO2. The molecule has 0 saturated carbocycles. The van der Waals surface area contributed by atoms with Crippen LogP contribution in [0.25, 0.3) is 0 Å². The zero-order valence-corrected chi connectivity index (χ0v) is 12.0. The van der Waals surface area contributed by atoms with E-state index in [1.807, 2.05) is 19.9 Å². The van der Waals surface area contributed by atoms with E-state index >= 15 is 0 Å². The number of hydrogen-bond donors (Lipinski definition) is 0. The number of nitrogens with zero attached hydrogens (tertiary/aromatic N) is 1. The molecule has 0 aromatic heterocycles. The van der Waals surface area contributed by atoms with Crippen molar-refractivity contribution < 1.29 is 9.59 Å². The zero-order valence-electron chi connectivity index (χ0n) is 10.4. The molecule has 94 valence electrons. The average Bonchev–Trinajstić information content (AvgIpc) is 2.54. The van der Waals surface area contributed by atoms with E-state index in [2.05, 4.69) is 22.5 Å². The first-order valence-electron chi connectivity index (χ1n) is 5.78. The molecule has 0 unspecified atom stereocenters. The van der Waals surface area contributed by atoms with Crippen LogP contribution in [0.3, 0.4) is 0 Å². The minimum Gasteiger partial charge on any atom is -0.300 e. The van der Waals surface area contributed by atoms with Crippen molar-refractivity contribution in [2.75, 3.05) is 11.4 Å². The molecule has 3 nitrogen and oxygen atoms in total. The average molecular weight is 308 g/mol. The molecule has 0 fully saturated rings. The van der Waals surface area contributed by atoms with Crippen molar-refractivity contribution in [3.63, 3.8) is 0 Å². The Morgan fingerprint density at radius 3 is 2.67 bits per heavy atom. The second-order valence-corrected chi connectivity index (χ2v) is 5.36. The van der Waals surface area contributed by atoms with Gasteiger partial charge in [-0.3, -0.25) is 9.59 Å². The number of halogens is 1. The van der Waals surface area contributed by atoms with Crippen LogP contribution in [0, 0.1) is 6.92 Å². The Morgan fingerprint density at radius 2 is 2.06 bits per heavy atom. The smallest absolute Gasteiger partial charge is 0.299 e. The Labute approximate surface area is 115 Å². The van der Waals surface area contributed by atoms with Crippen molar-refractivity contribution in [2.24, 2.45) is 0 Å². The fourth-order valence-electron chi connectivity index (χ4n) is 2.09. The standard InChI is InChI=1S/C14H14BrNO2/c1-4-8(2)7-16-12-9(3)5-10(15)6-11(12)13(17)14(16)18/h5-6H,2,4,7H2,1,3H3. The van der Waals surface area contributed by atoms with E-state index < -0.39 is 11.7 Å². The summed E-state index contributed by atoms with van der Waals surface area (Å²) in [5.41, 5.74) is 3.06. The van der Waals surface area contributed by atoms with Crippen LogP contribution in [-0.4, -0.2) is 18.2 Å². The Balaban J connectivity index is 2.51. The Kier molecular flexibility index (Phi) is 3.39. The Bertz CT molecular complexity index is 563. The minimum absolute atomic E-state index is 0.413. The van der Waals surface area contributed by atoms with Gasteiger partial charge in [0.15, 0.2) is 0 Å². The summed E-state index contributed by atoms with van der Waals surface area (Å²) in [6, 6.07) is 3.61. The maximum absolute atomic E-state index is 12.0. The molecule has 1 aromatic rings. The maximum Gasteiger partial charge on any atom is 0.299 e. The lowest BCUT2D eigenvalue weighted by atomic mass is 10.1. The van der Waals surface area contributed by atoms with Crippen LogP contribution in [0.5, 0.6) is 0 Å². The van der Waals surface area contributed by atoms with Gasteiger partial charge in [-0.1, -0.05) is 35.0 Å². The molecule has 1 heterocycles. The van der Waals surface area contributed by atoms with Crippen LogP contribution in [0.15, 0.2) is 28.8 Å². The van der Waals surface area contributed by atoms with Gasteiger partial charge in [0, 0.05) is 11.0 Å². The van der Waals surface area contributed by atoms with Gasteiger partial charge in [0.2, 0.25) is 0 Å². The number of anilines is 1. The predicted molar refractivity (Wildman–Crippen MR) is 75.0 cm³/mol. The van der Waals surface area contributed by atoms with Gasteiger partial charge in [-0.15, -0.1) is 0 Å². The summed E-state index contributed by atoms with van der Waals surface area (Å²) in [6.07, 6.45) is 0.795. The Hall–Kier alpha value is -1.42. The highest BCUT2D eigenvalue weighted by molar-refractivity contribution is 9.10. The summed E-state index contributed by atoms with van der Waals surface area (Å²) < 4.78 is 0.816. The van der Waals surface area contributed by atoms with Gasteiger partial charge in [0.1, 0.15) is 0 Å². The zero-order chi connectivity index (χ0) is 13.4. The summed E-state index contributed by atoms with van der Waals surface area (Å²) >= 11 is 3.35. The summed E-state index contributed by atoms with van der Waals surface area (Å²) in [7, 11) is 0. The molecular weight excluding hydrogens is 294 g/mol. The van der Waals surface area contributed by atoms with Crippen molar-refractivity contribution in [1.82, 2.24) is 0 Å². The molecule has 0 spiro atoms. The topological polar surface area (TPSA) is 37.4 Å². The lowest BCUT2D eigenvalue weighted by Gasteiger charge is -2.19. The molecule has 1 amide bonds. The fraction of sp³-hybridized carbons (Fsp3) is 0.286. The van der Waals surface area contributed by atoms with Gasteiger partial charge in [-0.25, -0.2) is 0 Å². The molecule has 0 aliphatic carbocycles. The molecule has 0 saturated heterocycles. The molecule has 0 bridgehead atoms. The quantitative estimate of drug-likeness (QED) is 0.635. The molecule has 1 aliphatic heterocycles. The van der Waals surface area contributed by atoms with Gasteiger partial charge < -0.3 is 4.90 Å². The van der Waals surface area contributed by atoms with Crippen LogP contribution in [0.4, 0.5) is 5.69 Å². The van der Waals surface area contributed by atoms with Crippen LogP contribution >= 0.6 is 15.9 Å². The highest BCUT2D eigenvalue weighted by Crippen LogP contribution is 2.35. The normalized spacial score (nSPS) is 14.1. The lowest BCUT2D eigenvalue weighted by Crippen LogP contribution is -2.31. The first kappa shape index (κ1) is 13.0. The molecule has 4 heteroatoms. The second kappa shape index (κ2) is 4.69. The highest BCUT2D eigenvalue weighted by atomic mass is 79.9. The summed E-state index contributed by atoms with van der Waals surface area (Å²) in [5, 5.41) is 0. The molecule has 18 heavy (non-hydrogen) atoms. The number of amides is 1. The lowest BCUT2D eigenvalue weighted by molar-refractivity contribution is -0.114. The molecule has 0 N–H and O–H groups in total. The molecule has 1 aliphatic rings. The van der Waals surface area contributed by atoms with E-state index in [0.717, 1.165) is 27.7 Å². The first-order valence-corrected chi connectivity index (χ1v) is 6.58. The number of ketones is 1. The van der Waals surface area contributed by atoms with Crippen LogP contribution in [0.2, 0.25) is 0 Å². The van der Waals surface area contributed by atoms with E-state index in [0.29, 0.717) is 12.1 Å². The minimum atomic E-state index is -0.458. The monoisotopic (exact) mass is 307 g/mol. The third-order valence-corrected chi connectivity index (χ3v) is 3.56. The van der Waals surface area contributed by atoms with Gasteiger partial charge in [-0.2, -0.15) is 0 Å². The van der Waals surface area contributed by atoms with E-state index in [9.17, 15) is 9.59 Å². The molecule has 2 rings (SSSR count). The van der Waals surface area contributed by atoms with Crippen molar-refractivity contribution >= 4 is 33.3 Å². The van der Waals surface area contributed by atoms with Gasteiger partial charge in [-0.05, 0) is 31.0 Å². The van der Waals surface area contributed by atoms with Crippen molar-refractivity contribution in [2.45, 2.75) is 20.3 Å². The summed E-state index contributed by atoms with van der Waals surface area (Å²) in [6.45, 7) is 8.20. The van der Waals surface area contributed by atoms with E-state index in [1.54, 1.807) is 6.07 Å². The predicted octanol–water partition coefficient (Wildman–Crippen LogP) is 3.25. The van der Waals surface area contributed by atoms with E-state index in [1.165, 1.54) is 4.90 Å². The largest absolute Gasteiger partial charge is 0.300 e. The fourth-order valence-corrected chi connectivity index (χ4v) is 2.66. The van der Waals surface area contributed by atoms with Crippen molar-refractivity contribution in [3.05, 3.63) is 39.9 Å². The van der Waals surface area contributed by atoms with Crippen LogP contribution < -0.4 is 4.90 Å². The highest BCUT2D eigenvalue weighted by Gasteiger charge is 2.37. The van der Waals surface area contributed by atoms with Crippen LogP contribution in [-0.2, 0) is 4.79 Å². The van der Waals surface area contributed by atoms with E-state index in [-0.39, 0.29) is 0 Å². The summed E-state index contributed by atoms with van der Waals surface area (Å²) in [4.78, 5) is 25.5. The molecule has 1 aromatic carbocycles. The number of carbonyl (C=O) groups is 2. The first-order chi connectivity index (χ1) is 8.45. The van der Waals surface area contributed by atoms with Crippen molar-refractivity contribution in [1.29, 1.82) is 0 Å². The third kappa shape index (κ3) is 2.01. The number of benzene rings is 1. The number of carbonyl (C=O) groups excluding carboxylic acids is 2. The SMILES string of the molecule is C=C(CC)CN1C(=O)C(=O)c2cc(Br)cc(C)c21. The van der Waals surface area contributed by atoms with Crippen molar-refractivity contribution in [3.8, 4) is 0 Å². The molecule has 0 atom stereocenters. The van der Waals surface area contributed by atoms with E-state index in [4.69, 9.17) is 0 Å².